The van der Waals surface area contributed by atoms with E-state index in [1.807, 2.05) is 11.4 Å². The van der Waals surface area contributed by atoms with E-state index in [1.165, 1.54) is 17.7 Å². The Labute approximate surface area is 125 Å². The Hall–Kier alpha value is -1.87. The molecule has 0 spiro atoms. The molecule has 0 aromatic carbocycles. The highest BCUT2D eigenvalue weighted by atomic mass is 32.2. The van der Waals surface area contributed by atoms with Crippen LogP contribution in [0.1, 0.15) is 12.7 Å². The monoisotopic (exact) mass is 324 g/mol. The molecule has 9 heteroatoms. The Balaban J connectivity index is 1.87. The van der Waals surface area contributed by atoms with E-state index in [-0.39, 0.29) is 23.8 Å². The number of nitrogens with zero attached hydrogens (tertiary/aromatic N) is 4. The summed E-state index contributed by atoms with van der Waals surface area (Å²) in [6, 6.07) is 1.89. The highest BCUT2D eigenvalue weighted by Gasteiger charge is 2.16. The topological polar surface area (TPSA) is 98.8 Å². The molecule has 3 aromatic heterocycles. The van der Waals surface area contributed by atoms with Crippen LogP contribution in [0.2, 0.25) is 0 Å². The van der Waals surface area contributed by atoms with Gasteiger partial charge in [-0.3, -0.25) is 0 Å². The average molecular weight is 324 g/mol. The van der Waals surface area contributed by atoms with Gasteiger partial charge in [-0.2, -0.15) is 4.98 Å². The zero-order valence-corrected chi connectivity index (χ0v) is 12.8. The fourth-order valence-electron chi connectivity index (χ4n) is 1.78. The molecule has 0 saturated heterocycles. The molecule has 0 aliphatic heterocycles. The van der Waals surface area contributed by atoms with E-state index >= 15 is 0 Å². The molecule has 0 saturated carbocycles. The standard InChI is InChI=1S/C12H12N4O3S2/c1-2-21(17,18)6-4-9-15-12(19-16-9)10-11-8(3-5-20-11)13-7-14-10/h3,5,7H,2,4,6H2,1H3. The second-order valence-corrected chi connectivity index (χ2v) is 7.75. The lowest BCUT2D eigenvalue weighted by Crippen LogP contribution is -2.11. The third-order valence-corrected chi connectivity index (χ3v) is 5.61. The van der Waals surface area contributed by atoms with Gasteiger partial charge in [0.25, 0.3) is 5.89 Å². The van der Waals surface area contributed by atoms with Crippen molar-refractivity contribution in [2.45, 2.75) is 13.3 Å². The van der Waals surface area contributed by atoms with Crippen LogP contribution in [0, 0.1) is 0 Å². The zero-order chi connectivity index (χ0) is 14.9. The number of sulfone groups is 1. The second kappa shape index (κ2) is 5.49. The lowest BCUT2D eigenvalue weighted by atomic mass is 10.3. The first-order chi connectivity index (χ1) is 10.1. The molecule has 3 rings (SSSR count). The molecular weight excluding hydrogens is 312 g/mol. The van der Waals surface area contributed by atoms with Gasteiger partial charge in [0.05, 0.1) is 16.0 Å². The maximum absolute atomic E-state index is 11.5. The van der Waals surface area contributed by atoms with Crippen LogP contribution >= 0.6 is 11.3 Å². The van der Waals surface area contributed by atoms with Crippen molar-refractivity contribution in [3.8, 4) is 11.6 Å². The van der Waals surface area contributed by atoms with Crippen molar-refractivity contribution in [1.29, 1.82) is 0 Å². The van der Waals surface area contributed by atoms with Crippen LogP contribution in [0.3, 0.4) is 0 Å². The largest absolute Gasteiger partial charge is 0.332 e. The van der Waals surface area contributed by atoms with Crippen LogP contribution in [0.15, 0.2) is 22.3 Å². The number of thiophene rings is 1. The number of aryl methyl sites for hydroxylation is 1. The molecular formula is C12H12N4O3S2. The molecule has 0 bridgehead atoms. The maximum Gasteiger partial charge on any atom is 0.278 e. The smallest absolute Gasteiger partial charge is 0.278 e. The predicted octanol–water partition coefficient (Wildman–Crippen LogP) is 1.72. The SMILES string of the molecule is CCS(=O)(=O)CCc1noc(-c2ncnc3ccsc23)n1. The molecule has 0 aliphatic carbocycles. The predicted molar refractivity (Wildman–Crippen MR) is 78.7 cm³/mol. The van der Waals surface area contributed by atoms with Crippen molar-refractivity contribution in [3.05, 3.63) is 23.6 Å². The average Bonchev–Trinajstić information content (AvgIpc) is 3.13. The molecule has 3 heterocycles. The molecule has 0 unspecified atom stereocenters. The molecule has 0 fully saturated rings. The lowest BCUT2D eigenvalue weighted by molar-refractivity contribution is 0.422. The van der Waals surface area contributed by atoms with Gasteiger partial charge in [0.1, 0.15) is 21.9 Å². The minimum atomic E-state index is -3.04. The quantitative estimate of drug-likeness (QED) is 0.704. The molecule has 3 aromatic rings. The Morgan fingerprint density at radius 3 is 3.00 bits per heavy atom. The van der Waals surface area contributed by atoms with Crippen LogP contribution in [-0.2, 0) is 16.3 Å². The summed E-state index contributed by atoms with van der Waals surface area (Å²) in [7, 11) is -3.04. The van der Waals surface area contributed by atoms with Gasteiger partial charge in [-0.05, 0) is 11.4 Å². The molecule has 7 nitrogen and oxygen atoms in total. The molecule has 0 aliphatic rings. The van der Waals surface area contributed by atoms with E-state index in [0.29, 0.717) is 11.5 Å². The molecule has 110 valence electrons. The third kappa shape index (κ3) is 2.93. The van der Waals surface area contributed by atoms with E-state index in [9.17, 15) is 8.42 Å². The number of hydrogen-bond acceptors (Lipinski definition) is 8. The Bertz CT molecular complexity index is 869. The summed E-state index contributed by atoms with van der Waals surface area (Å²) in [5, 5.41) is 5.73. The van der Waals surface area contributed by atoms with Gasteiger partial charge in [-0.15, -0.1) is 11.3 Å². The fourth-order valence-corrected chi connectivity index (χ4v) is 3.39. The summed E-state index contributed by atoms with van der Waals surface area (Å²) in [4.78, 5) is 12.5. The summed E-state index contributed by atoms with van der Waals surface area (Å²) in [6.45, 7) is 1.62. The lowest BCUT2D eigenvalue weighted by Gasteiger charge is -1.96. The van der Waals surface area contributed by atoms with Crippen molar-refractivity contribution in [2.24, 2.45) is 0 Å². The van der Waals surface area contributed by atoms with Gasteiger partial charge in [0.15, 0.2) is 5.82 Å². The van der Waals surface area contributed by atoms with E-state index in [0.717, 1.165) is 10.2 Å². The molecule has 21 heavy (non-hydrogen) atoms. The first kappa shape index (κ1) is 14.1. The summed E-state index contributed by atoms with van der Waals surface area (Å²) < 4.78 is 29.0. The Kier molecular flexibility index (Phi) is 3.68. The van der Waals surface area contributed by atoms with E-state index < -0.39 is 9.84 Å². The molecule has 0 radical (unpaired) electrons. The summed E-state index contributed by atoms with van der Waals surface area (Å²) in [6.07, 6.45) is 1.67. The maximum atomic E-state index is 11.5. The van der Waals surface area contributed by atoms with Gasteiger partial charge in [0.2, 0.25) is 0 Å². The minimum Gasteiger partial charge on any atom is -0.332 e. The van der Waals surface area contributed by atoms with Crippen molar-refractivity contribution < 1.29 is 12.9 Å². The zero-order valence-electron chi connectivity index (χ0n) is 11.2. The Morgan fingerprint density at radius 1 is 1.33 bits per heavy atom. The summed E-state index contributed by atoms with van der Waals surface area (Å²) in [5.41, 5.74) is 1.39. The number of rotatable bonds is 5. The van der Waals surface area contributed by atoms with E-state index in [1.54, 1.807) is 6.92 Å². The summed E-state index contributed by atoms with van der Waals surface area (Å²) in [5.74, 6) is 0.777. The van der Waals surface area contributed by atoms with Gasteiger partial charge in [0, 0.05) is 12.2 Å². The van der Waals surface area contributed by atoms with E-state index in [2.05, 4.69) is 20.1 Å². The van der Waals surface area contributed by atoms with Gasteiger partial charge in [-0.25, -0.2) is 18.4 Å². The van der Waals surface area contributed by atoms with Crippen LogP contribution < -0.4 is 0 Å². The molecule has 0 N–H and O–H groups in total. The highest BCUT2D eigenvalue weighted by molar-refractivity contribution is 7.91. The van der Waals surface area contributed by atoms with E-state index in [4.69, 9.17) is 4.52 Å². The second-order valence-electron chi connectivity index (χ2n) is 4.36. The van der Waals surface area contributed by atoms with Gasteiger partial charge >= 0.3 is 0 Å². The third-order valence-electron chi connectivity index (χ3n) is 2.99. The minimum absolute atomic E-state index is 0.0145. The van der Waals surface area contributed by atoms with Gasteiger partial charge in [-0.1, -0.05) is 12.1 Å². The number of fused-ring (bicyclic) bond motifs is 1. The normalized spacial score (nSPS) is 12.0. The summed E-state index contributed by atoms with van der Waals surface area (Å²) >= 11 is 1.49. The van der Waals surface area contributed by atoms with Crippen LogP contribution in [0.5, 0.6) is 0 Å². The van der Waals surface area contributed by atoms with Crippen molar-refractivity contribution in [2.75, 3.05) is 11.5 Å². The van der Waals surface area contributed by atoms with Crippen LogP contribution in [0.4, 0.5) is 0 Å². The van der Waals surface area contributed by atoms with Crippen LogP contribution in [-0.4, -0.2) is 40.0 Å². The van der Waals surface area contributed by atoms with Crippen molar-refractivity contribution in [3.63, 3.8) is 0 Å². The molecule has 0 atom stereocenters. The highest BCUT2D eigenvalue weighted by Crippen LogP contribution is 2.28. The van der Waals surface area contributed by atoms with Crippen molar-refractivity contribution >= 4 is 31.4 Å². The van der Waals surface area contributed by atoms with Crippen LogP contribution in [0.25, 0.3) is 21.8 Å². The first-order valence-electron chi connectivity index (χ1n) is 6.30. The number of hydrogen-bond donors (Lipinski definition) is 0. The Morgan fingerprint density at radius 2 is 2.19 bits per heavy atom. The number of aromatic nitrogens is 4. The van der Waals surface area contributed by atoms with Crippen molar-refractivity contribution in [1.82, 2.24) is 20.1 Å². The molecule has 0 amide bonds. The van der Waals surface area contributed by atoms with Gasteiger partial charge < -0.3 is 4.52 Å². The first-order valence-corrected chi connectivity index (χ1v) is 9.01. The fraction of sp³-hybridized carbons (Fsp3) is 0.333.